The smallest absolute Gasteiger partial charge is 0.339 e. The first kappa shape index (κ1) is 35.1. The summed E-state index contributed by atoms with van der Waals surface area (Å²) in [6, 6.07) is 11.5. The molecule has 0 amide bonds. The van der Waals surface area contributed by atoms with E-state index in [4.69, 9.17) is 4.74 Å². The van der Waals surface area contributed by atoms with Crippen LogP contribution in [0.3, 0.4) is 0 Å². The minimum atomic E-state index is -1.25. The number of carbonyl (C=O) groups is 3. The van der Waals surface area contributed by atoms with Crippen LogP contribution in [-0.2, 0) is 20.7 Å². The van der Waals surface area contributed by atoms with Gasteiger partial charge in [0.15, 0.2) is 0 Å². The van der Waals surface area contributed by atoms with Gasteiger partial charge >= 0.3 is 17.9 Å². The van der Waals surface area contributed by atoms with Crippen molar-refractivity contribution in [1.82, 2.24) is 0 Å². The van der Waals surface area contributed by atoms with E-state index < -0.39 is 11.9 Å². The Kier molecular flexibility index (Phi) is 10.2. The molecule has 0 aromatic heterocycles. The summed E-state index contributed by atoms with van der Waals surface area (Å²) in [6.07, 6.45) is 12.0. The first-order chi connectivity index (χ1) is 23.4. The number of aliphatic carboxylic acids is 1. The van der Waals surface area contributed by atoms with Crippen LogP contribution in [0.4, 0.5) is 11.4 Å². The maximum atomic E-state index is 13.7. The highest BCUT2D eigenvalue weighted by Gasteiger charge is 2.63. The maximum Gasteiger partial charge on any atom is 0.339 e. The van der Waals surface area contributed by atoms with Gasteiger partial charge in [-0.05, 0) is 128 Å². The number of hydrogen-bond donors (Lipinski definition) is 3. The largest absolute Gasteiger partial charge is 0.507 e. The number of aryl methyl sites for hydroxylation is 1. The Hall–Kier alpha value is -3.75. The predicted octanol–water partition coefficient (Wildman–Crippen LogP) is 9.51. The summed E-state index contributed by atoms with van der Waals surface area (Å²) in [6.45, 7) is 7.24. The van der Waals surface area contributed by atoms with Crippen LogP contribution in [0.15, 0.2) is 52.7 Å². The highest BCUT2D eigenvalue weighted by Crippen LogP contribution is 2.68. The third kappa shape index (κ3) is 7.00. The molecule has 4 aliphatic carbocycles. The molecule has 4 aliphatic rings. The molecule has 4 saturated carbocycles. The van der Waals surface area contributed by atoms with Gasteiger partial charge in [0.25, 0.3) is 0 Å². The monoisotopic (exact) mass is 672 g/mol. The Bertz CT molecular complexity index is 1590. The number of phenols is 1. The number of azo groups is 1. The van der Waals surface area contributed by atoms with Crippen LogP contribution >= 0.6 is 0 Å². The van der Waals surface area contributed by atoms with E-state index in [1.54, 1.807) is 0 Å². The van der Waals surface area contributed by atoms with Crippen molar-refractivity contribution < 1.29 is 34.4 Å². The SMILES string of the molecule is CC(CCC(=O)O)C1CCC2C3C(OC(=O)CCc4ccccc4/N=N/c4ccc(O)c(C(=O)O)c4)CC4CCCCC4(C)C3CCC12C. The third-order valence-electron chi connectivity index (χ3n) is 13.5. The van der Waals surface area contributed by atoms with E-state index in [9.17, 15) is 29.7 Å². The summed E-state index contributed by atoms with van der Waals surface area (Å²) in [5, 5.41) is 37.1. The van der Waals surface area contributed by atoms with E-state index in [2.05, 4.69) is 31.0 Å². The summed E-state index contributed by atoms with van der Waals surface area (Å²) in [7, 11) is 0. The number of fused-ring (bicyclic) bond motifs is 5. The van der Waals surface area contributed by atoms with E-state index in [0.29, 0.717) is 59.7 Å². The summed E-state index contributed by atoms with van der Waals surface area (Å²) >= 11 is 0. The van der Waals surface area contributed by atoms with Gasteiger partial charge in [0.1, 0.15) is 17.4 Å². The number of rotatable bonds is 11. The van der Waals surface area contributed by atoms with Gasteiger partial charge in [-0.1, -0.05) is 51.8 Å². The molecule has 0 aliphatic heterocycles. The second-order valence-corrected chi connectivity index (χ2v) is 16.0. The number of nitrogens with zero attached hydrogens (tertiary/aromatic N) is 2. The topological polar surface area (TPSA) is 146 Å². The van der Waals surface area contributed by atoms with Crippen LogP contribution in [0.25, 0.3) is 0 Å². The Balaban J connectivity index is 1.17. The molecule has 9 atom stereocenters. The zero-order valence-electron chi connectivity index (χ0n) is 29.1. The van der Waals surface area contributed by atoms with Crippen molar-refractivity contribution in [2.24, 2.45) is 56.6 Å². The van der Waals surface area contributed by atoms with Crippen LogP contribution < -0.4 is 0 Å². The zero-order valence-corrected chi connectivity index (χ0v) is 29.1. The van der Waals surface area contributed by atoms with Gasteiger partial charge < -0.3 is 20.1 Å². The molecule has 0 bridgehead atoms. The average Bonchev–Trinajstić information content (AvgIpc) is 3.43. The van der Waals surface area contributed by atoms with E-state index in [1.807, 2.05) is 24.3 Å². The Labute approximate surface area is 289 Å². The normalized spacial score (nSPS) is 32.9. The molecular weight excluding hydrogens is 620 g/mol. The number of hydrogen-bond acceptors (Lipinski definition) is 7. The predicted molar refractivity (Wildman–Crippen MR) is 185 cm³/mol. The minimum absolute atomic E-state index is 0.0979. The molecule has 0 spiro atoms. The van der Waals surface area contributed by atoms with Gasteiger partial charge in [0.2, 0.25) is 0 Å². The molecule has 9 nitrogen and oxygen atoms in total. The van der Waals surface area contributed by atoms with Crippen LogP contribution in [-0.4, -0.2) is 39.3 Å². The highest BCUT2D eigenvalue weighted by atomic mass is 16.5. The van der Waals surface area contributed by atoms with Crippen LogP contribution in [0.5, 0.6) is 5.75 Å². The number of esters is 1. The van der Waals surface area contributed by atoms with Gasteiger partial charge in [-0.15, -0.1) is 0 Å². The zero-order chi connectivity index (χ0) is 34.9. The Morgan fingerprint density at radius 1 is 0.918 bits per heavy atom. The molecule has 4 fully saturated rings. The molecule has 0 heterocycles. The standard InChI is InChI=1S/C40H52N2O7/c1-24(11-17-35(44)45)29-14-15-30-37-31(19-21-40(29,30)3)39(2)20-7-6-9-26(39)22-34(37)49-36(46)18-12-25-8-4-5-10-32(25)42-41-27-13-16-33(43)28(23-27)38(47)48/h4-5,8,10,13,16,23-24,26,29-31,34,37,43H,6-7,9,11-12,14-15,17-22H2,1-3H3,(H,44,45)(H,47,48)/b42-41+. The molecule has 49 heavy (non-hydrogen) atoms. The second-order valence-electron chi connectivity index (χ2n) is 16.0. The molecule has 264 valence electrons. The van der Waals surface area contributed by atoms with Crippen molar-refractivity contribution in [3.05, 3.63) is 53.6 Å². The van der Waals surface area contributed by atoms with Crippen molar-refractivity contribution in [3.63, 3.8) is 0 Å². The number of carboxylic acid groups (broad SMARTS) is 2. The lowest BCUT2D eigenvalue weighted by Crippen LogP contribution is -2.58. The van der Waals surface area contributed by atoms with E-state index in [-0.39, 0.29) is 47.1 Å². The number of aromatic carboxylic acids is 1. The van der Waals surface area contributed by atoms with Crippen molar-refractivity contribution >= 4 is 29.3 Å². The molecule has 3 N–H and O–H groups in total. The van der Waals surface area contributed by atoms with Crippen molar-refractivity contribution in [1.29, 1.82) is 0 Å². The molecule has 0 saturated heterocycles. The maximum absolute atomic E-state index is 13.7. The van der Waals surface area contributed by atoms with E-state index in [0.717, 1.165) is 31.2 Å². The van der Waals surface area contributed by atoms with Gasteiger partial charge in [-0.25, -0.2) is 4.79 Å². The molecule has 9 heteroatoms. The van der Waals surface area contributed by atoms with E-state index >= 15 is 0 Å². The van der Waals surface area contributed by atoms with Crippen molar-refractivity contribution in [3.8, 4) is 5.75 Å². The number of carboxylic acids is 2. The summed E-state index contributed by atoms with van der Waals surface area (Å²) in [5.74, 6) is 0.284. The van der Waals surface area contributed by atoms with Crippen LogP contribution in [0.2, 0.25) is 0 Å². The molecule has 6 rings (SSSR count). The Morgan fingerprint density at radius 3 is 2.47 bits per heavy atom. The first-order valence-corrected chi connectivity index (χ1v) is 18.4. The molecule has 2 aromatic rings. The number of ether oxygens (including phenoxy) is 1. The van der Waals surface area contributed by atoms with Crippen molar-refractivity contribution in [2.75, 3.05) is 0 Å². The summed E-state index contributed by atoms with van der Waals surface area (Å²) < 4.78 is 6.57. The lowest BCUT2D eigenvalue weighted by atomic mass is 9.44. The van der Waals surface area contributed by atoms with Gasteiger partial charge in [0.05, 0.1) is 11.4 Å². The number of carbonyl (C=O) groups excluding carboxylic acids is 1. The fraction of sp³-hybridized carbons (Fsp3) is 0.625. The highest BCUT2D eigenvalue weighted by molar-refractivity contribution is 5.91. The van der Waals surface area contributed by atoms with Gasteiger partial charge in [-0.2, -0.15) is 10.2 Å². The fourth-order valence-electron chi connectivity index (χ4n) is 11.0. The summed E-state index contributed by atoms with van der Waals surface area (Å²) in [4.78, 5) is 36.5. The van der Waals surface area contributed by atoms with Crippen LogP contribution in [0, 0.1) is 46.3 Å². The molecular formula is C40H52N2O7. The second kappa shape index (κ2) is 14.2. The van der Waals surface area contributed by atoms with Gasteiger partial charge in [-0.3, -0.25) is 9.59 Å². The fourth-order valence-corrected chi connectivity index (χ4v) is 11.0. The lowest BCUT2D eigenvalue weighted by Gasteiger charge is -2.62. The van der Waals surface area contributed by atoms with Gasteiger partial charge in [0, 0.05) is 18.8 Å². The minimum Gasteiger partial charge on any atom is -0.507 e. The van der Waals surface area contributed by atoms with Crippen LogP contribution in [0.1, 0.15) is 114 Å². The van der Waals surface area contributed by atoms with Crippen molar-refractivity contribution in [2.45, 2.75) is 110 Å². The number of aromatic hydroxyl groups is 1. The third-order valence-corrected chi connectivity index (χ3v) is 13.5. The Morgan fingerprint density at radius 2 is 1.69 bits per heavy atom. The quantitative estimate of drug-likeness (QED) is 0.159. The molecule has 9 unspecified atom stereocenters. The first-order valence-electron chi connectivity index (χ1n) is 18.4. The summed E-state index contributed by atoms with van der Waals surface area (Å²) in [5.41, 5.74) is 1.91. The van der Waals surface area contributed by atoms with E-state index in [1.165, 1.54) is 50.3 Å². The molecule has 2 aromatic carbocycles. The number of benzene rings is 2. The average molecular weight is 673 g/mol. The lowest BCUT2D eigenvalue weighted by molar-refractivity contribution is -0.190. The molecule has 0 radical (unpaired) electrons.